The van der Waals surface area contributed by atoms with E-state index < -0.39 is 0 Å². The first-order valence-corrected chi connectivity index (χ1v) is 6.98. The Hall–Kier alpha value is -1.22. The average molecular weight is 266 g/mol. The number of aromatic amines is 1. The van der Waals surface area contributed by atoms with Crippen LogP contribution in [0.2, 0.25) is 5.02 Å². The number of nitrogen functional groups attached to an aromatic ring is 1. The number of nitrogens with two attached hydrogens (primary N) is 1. The molecule has 2 aromatic rings. The molecule has 0 bridgehead atoms. The minimum atomic E-state index is 0.491. The van der Waals surface area contributed by atoms with Crippen LogP contribution in [0.5, 0.6) is 0 Å². The highest BCUT2D eigenvalue weighted by atomic mass is 35.5. The van der Waals surface area contributed by atoms with Gasteiger partial charge in [-0.25, -0.2) is 4.98 Å². The summed E-state index contributed by atoms with van der Waals surface area (Å²) in [5.74, 6) is 1.54. The van der Waals surface area contributed by atoms with Crippen molar-refractivity contribution >= 4 is 28.3 Å². The van der Waals surface area contributed by atoms with Crippen LogP contribution in [0.3, 0.4) is 0 Å². The number of benzene rings is 1. The predicted molar refractivity (Wildman–Crippen MR) is 78.1 cm³/mol. The molecule has 0 saturated heterocycles. The van der Waals surface area contributed by atoms with Crippen molar-refractivity contribution in [3.8, 4) is 0 Å². The van der Waals surface area contributed by atoms with Gasteiger partial charge in [-0.05, 0) is 25.0 Å². The molecule has 0 radical (unpaired) electrons. The second kappa shape index (κ2) is 5.61. The van der Waals surface area contributed by atoms with E-state index >= 15 is 0 Å². The molecule has 0 amide bonds. The molecular formula is C14H20ClN3. The van der Waals surface area contributed by atoms with E-state index in [2.05, 4.69) is 23.8 Å². The van der Waals surface area contributed by atoms with Crippen LogP contribution >= 0.6 is 11.6 Å². The number of nitrogens with zero attached hydrogens (tertiary/aromatic N) is 1. The highest BCUT2D eigenvalue weighted by Crippen LogP contribution is 2.29. The third-order valence-electron chi connectivity index (χ3n) is 3.26. The molecule has 0 atom stereocenters. The molecule has 1 aromatic heterocycles. The lowest BCUT2D eigenvalue weighted by Gasteiger charge is -2.11. The fourth-order valence-electron chi connectivity index (χ4n) is 2.43. The maximum atomic E-state index is 6.01. The summed E-state index contributed by atoms with van der Waals surface area (Å²) >= 11 is 6.01. The zero-order valence-corrected chi connectivity index (χ0v) is 11.7. The second-order valence-electron chi connectivity index (χ2n) is 4.79. The number of imidazole rings is 1. The largest absolute Gasteiger partial charge is 0.397 e. The quantitative estimate of drug-likeness (QED) is 0.783. The van der Waals surface area contributed by atoms with Crippen molar-refractivity contribution in [2.45, 2.75) is 45.4 Å². The molecule has 0 aliphatic rings. The molecule has 1 heterocycles. The van der Waals surface area contributed by atoms with Crippen LogP contribution in [0.1, 0.15) is 51.3 Å². The van der Waals surface area contributed by atoms with Gasteiger partial charge in [0.25, 0.3) is 0 Å². The van der Waals surface area contributed by atoms with Crippen LogP contribution in [0, 0.1) is 0 Å². The van der Waals surface area contributed by atoms with Crippen molar-refractivity contribution in [3.63, 3.8) is 0 Å². The van der Waals surface area contributed by atoms with Gasteiger partial charge in [0, 0.05) is 10.9 Å². The van der Waals surface area contributed by atoms with Gasteiger partial charge in [0.05, 0.1) is 11.2 Å². The summed E-state index contributed by atoms with van der Waals surface area (Å²) in [6, 6.07) is 3.64. The van der Waals surface area contributed by atoms with Crippen LogP contribution in [-0.4, -0.2) is 9.97 Å². The zero-order valence-electron chi connectivity index (χ0n) is 11.0. The first-order chi connectivity index (χ1) is 8.65. The first-order valence-electron chi connectivity index (χ1n) is 6.60. The van der Waals surface area contributed by atoms with Crippen LogP contribution in [0.4, 0.5) is 5.69 Å². The fraction of sp³-hybridized carbons (Fsp3) is 0.500. The van der Waals surface area contributed by atoms with Crippen molar-refractivity contribution in [1.82, 2.24) is 9.97 Å². The van der Waals surface area contributed by atoms with E-state index in [-0.39, 0.29) is 0 Å². The van der Waals surface area contributed by atoms with Gasteiger partial charge < -0.3 is 10.7 Å². The lowest BCUT2D eigenvalue weighted by Crippen LogP contribution is -2.00. The summed E-state index contributed by atoms with van der Waals surface area (Å²) in [6.07, 6.45) is 4.64. The maximum Gasteiger partial charge on any atom is 0.112 e. The normalized spacial score (nSPS) is 11.6. The third-order valence-corrected chi connectivity index (χ3v) is 3.48. The van der Waals surface area contributed by atoms with Gasteiger partial charge in [0.1, 0.15) is 11.3 Å². The van der Waals surface area contributed by atoms with Crippen LogP contribution in [-0.2, 0) is 0 Å². The second-order valence-corrected chi connectivity index (χ2v) is 5.22. The Morgan fingerprint density at radius 1 is 1.28 bits per heavy atom. The van der Waals surface area contributed by atoms with Gasteiger partial charge in [0.2, 0.25) is 0 Å². The lowest BCUT2D eigenvalue weighted by molar-refractivity contribution is 0.539. The van der Waals surface area contributed by atoms with Crippen LogP contribution in [0.25, 0.3) is 11.0 Å². The summed E-state index contributed by atoms with van der Waals surface area (Å²) in [6.45, 7) is 4.41. The molecule has 2 rings (SSSR count). The van der Waals surface area contributed by atoms with E-state index in [4.69, 9.17) is 17.3 Å². The molecule has 0 unspecified atom stereocenters. The Labute approximate surface area is 113 Å². The van der Waals surface area contributed by atoms with E-state index in [9.17, 15) is 0 Å². The minimum Gasteiger partial charge on any atom is -0.397 e. The van der Waals surface area contributed by atoms with Gasteiger partial charge in [-0.3, -0.25) is 0 Å². The topological polar surface area (TPSA) is 54.7 Å². The number of aromatic nitrogens is 2. The van der Waals surface area contributed by atoms with Crippen molar-refractivity contribution in [2.75, 3.05) is 5.73 Å². The van der Waals surface area contributed by atoms with E-state index in [1.807, 2.05) is 6.07 Å². The molecule has 18 heavy (non-hydrogen) atoms. The third kappa shape index (κ3) is 2.61. The molecule has 0 saturated carbocycles. The van der Waals surface area contributed by atoms with Gasteiger partial charge >= 0.3 is 0 Å². The van der Waals surface area contributed by atoms with Gasteiger partial charge in [-0.2, -0.15) is 0 Å². The number of H-pyrrole nitrogens is 1. The molecule has 3 nitrogen and oxygen atoms in total. The first kappa shape index (κ1) is 13.2. The summed E-state index contributed by atoms with van der Waals surface area (Å²) < 4.78 is 0. The highest BCUT2D eigenvalue weighted by molar-refractivity contribution is 6.31. The van der Waals surface area contributed by atoms with Crippen LogP contribution < -0.4 is 5.73 Å². The molecule has 0 spiro atoms. The molecule has 4 heteroatoms. The number of anilines is 1. The Balaban J connectivity index is 2.41. The Kier molecular flexibility index (Phi) is 4.12. The number of fused-ring (bicyclic) bond motifs is 1. The molecule has 0 aliphatic carbocycles. The van der Waals surface area contributed by atoms with Gasteiger partial charge in [-0.15, -0.1) is 0 Å². The van der Waals surface area contributed by atoms with Crippen molar-refractivity contribution < 1.29 is 0 Å². The summed E-state index contributed by atoms with van der Waals surface area (Å²) in [5.41, 5.74) is 8.37. The number of nitrogens with one attached hydrogen (secondary N) is 1. The predicted octanol–water partition coefficient (Wildman–Crippen LogP) is 4.48. The fourth-order valence-corrected chi connectivity index (χ4v) is 2.66. The Morgan fingerprint density at radius 3 is 2.56 bits per heavy atom. The van der Waals surface area contributed by atoms with Gasteiger partial charge in [-0.1, -0.05) is 38.3 Å². The van der Waals surface area contributed by atoms with Crippen molar-refractivity contribution in [3.05, 3.63) is 23.0 Å². The molecule has 1 aromatic carbocycles. The van der Waals surface area contributed by atoms with Gasteiger partial charge in [0.15, 0.2) is 0 Å². The molecule has 3 N–H and O–H groups in total. The zero-order chi connectivity index (χ0) is 13.1. The SMILES string of the molecule is CCCC(CCC)c1nc2c(N)cc(Cl)cc2[nH]1. The smallest absolute Gasteiger partial charge is 0.112 e. The molecule has 0 aliphatic heterocycles. The maximum absolute atomic E-state index is 6.01. The van der Waals surface area contributed by atoms with E-state index in [0.29, 0.717) is 16.6 Å². The number of rotatable bonds is 5. The minimum absolute atomic E-state index is 0.491. The summed E-state index contributed by atoms with van der Waals surface area (Å²) in [4.78, 5) is 8.02. The molecule has 98 valence electrons. The summed E-state index contributed by atoms with van der Waals surface area (Å²) in [5, 5.41) is 0.651. The average Bonchev–Trinajstić information content (AvgIpc) is 2.72. The van der Waals surface area contributed by atoms with Crippen LogP contribution in [0.15, 0.2) is 12.1 Å². The summed E-state index contributed by atoms with van der Waals surface area (Å²) in [7, 11) is 0. The highest BCUT2D eigenvalue weighted by Gasteiger charge is 2.15. The van der Waals surface area contributed by atoms with E-state index in [0.717, 1.165) is 42.5 Å². The van der Waals surface area contributed by atoms with Crippen molar-refractivity contribution in [1.29, 1.82) is 0 Å². The molecular weight excluding hydrogens is 246 g/mol. The molecule has 0 fully saturated rings. The van der Waals surface area contributed by atoms with E-state index in [1.54, 1.807) is 6.07 Å². The Bertz CT molecular complexity index is 527. The monoisotopic (exact) mass is 265 g/mol. The number of hydrogen-bond donors (Lipinski definition) is 2. The standard InChI is InChI=1S/C14H20ClN3/c1-3-5-9(6-4-2)14-17-12-8-10(15)7-11(16)13(12)18-14/h7-9H,3-6,16H2,1-2H3,(H,17,18). The van der Waals surface area contributed by atoms with Crippen molar-refractivity contribution in [2.24, 2.45) is 0 Å². The van der Waals surface area contributed by atoms with E-state index in [1.165, 1.54) is 0 Å². The Morgan fingerprint density at radius 2 is 1.94 bits per heavy atom. The lowest BCUT2D eigenvalue weighted by atomic mass is 9.98. The number of halogens is 1. The number of hydrogen-bond acceptors (Lipinski definition) is 2.